The first-order valence-corrected chi connectivity index (χ1v) is 7.08. The van der Waals surface area contributed by atoms with Crippen molar-refractivity contribution < 1.29 is 4.79 Å². The van der Waals surface area contributed by atoms with Crippen LogP contribution in [-0.2, 0) is 4.79 Å². The van der Waals surface area contributed by atoms with Gasteiger partial charge in [0.15, 0.2) is 0 Å². The summed E-state index contributed by atoms with van der Waals surface area (Å²) >= 11 is 0. The second-order valence-electron chi connectivity index (χ2n) is 5.37. The van der Waals surface area contributed by atoms with Crippen molar-refractivity contribution in [3.05, 3.63) is 29.3 Å². The summed E-state index contributed by atoms with van der Waals surface area (Å²) in [4.78, 5) is 12.2. The Morgan fingerprint density at radius 1 is 1.33 bits per heavy atom. The Morgan fingerprint density at radius 3 is 2.78 bits per heavy atom. The summed E-state index contributed by atoms with van der Waals surface area (Å²) in [6.07, 6.45) is 4.64. The molecule has 0 radical (unpaired) electrons. The second kappa shape index (κ2) is 5.55. The number of anilines is 1. The highest BCUT2D eigenvalue weighted by Gasteiger charge is 2.35. The fourth-order valence-electron chi connectivity index (χ4n) is 2.95. The summed E-state index contributed by atoms with van der Waals surface area (Å²) in [5, 5.41) is 3.03. The van der Waals surface area contributed by atoms with Crippen molar-refractivity contribution in [2.24, 2.45) is 5.92 Å². The Bertz CT molecular complexity index is 439. The minimum Gasteiger partial charge on any atom is -0.325 e. The minimum atomic E-state index is 0.0662. The van der Waals surface area contributed by atoms with E-state index in [4.69, 9.17) is 0 Å². The van der Waals surface area contributed by atoms with Gasteiger partial charge in [0.2, 0.25) is 5.91 Å². The van der Waals surface area contributed by atoms with Crippen molar-refractivity contribution in [3.63, 3.8) is 0 Å². The standard InChI is InChI=1S/C16H23NO/c1-4-6-7-12(5-2)15-13-10-11(3)8-9-14(13)17-16(15)18/h8-10,12,15H,4-7H2,1-3H3,(H,17,18). The van der Waals surface area contributed by atoms with Gasteiger partial charge in [0.05, 0.1) is 5.92 Å². The average molecular weight is 245 g/mol. The van der Waals surface area contributed by atoms with Crippen LogP contribution in [0.4, 0.5) is 5.69 Å². The number of nitrogens with one attached hydrogen (secondary N) is 1. The van der Waals surface area contributed by atoms with E-state index < -0.39 is 0 Å². The van der Waals surface area contributed by atoms with Gasteiger partial charge in [0.25, 0.3) is 0 Å². The van der Waals surface area contributed by atoms with Crippen molar-refractivity contribution in [2.45, 2.75) is 52.4 Å². The molecule has 2 rings (SSSR count). The molecule has 1 amide bonds. The molecule has 0 aromatic heterocycles. The van der Waals surface area contributed by atoms with Crippen molar-refractivity contribution in [3.8, 4) is 0 Å². The number of aryl methyl sites for hydroxylation is 1. The molecule has 18 heavy (non-hydrogen) atoms. The van der Waals surface area contributed by atoms with Crippen LogP contribution in [0.1, 0.15) is 56.6 Å². The topological polar surface area (TPSA) is 29.1 Å². The third-order valence-corrected chi connectivity index (χ3v) is 4.01. The molecular formula is C16H23NO. The molecule has 0 fully saturated rings. The Labute approximate surface area is 110 Å². The van der Waals surface area contributed by atoms with Gasteiger partial charge >= 0.3 is 0 Å². The van der Waals surface area contributed by atoms with Crippen LogP contribution in [0, 0.1) is 12.8 Å². The number of amides is 1. The zero-order valence-electron chi connectivity index (χ0n) is 11.6. The van der Waals surface area contributed by atoms with Gasteiger partial charge < -0.3 is 5.32 Å². The number of hydrogen-bond donors (Lipinski definition) is 1. The van der Waals surface area contributed by atoms with E-state index in [2.05, 4.69) is 38.2 Å². The molecule has 0 aliphatic carbocycles. The number of benzene rings is 1. The molecule has 2 unspecified atom stereocenters. The van der Waals surface area contributed by atoms with Gasteiger partial charge in [-0.3, -0.25) is 4.79 Å². The summed E-state index contributed by atoms with van der Waals surface area (Å²) < 4.78 is 0. The molecule has 0 spiro atoms. The van der Waals surface area contributed by atoms with Gasteiger partial charge in [0, 0.05) is 5.69 Å². The Kier molecular flexibility index (Phi) is 4.05. The Morgan fingerprint density at radius 2 is 2.11 bits per heavy atom. The maximum Gasteiger partial charge on any atom is 0.232 e. The van der Waals surface area contributed by atoms with E-state index >= 15 is 0 Å². The van der Waals surface area contributed by atoms with Crippen LogP contribution < -0.4 is 5.32 Å². The maximum absolute atomic E-state index is 12.2. The van der Waals surface area contributed by atoms with Gasteiger partial charge in [0.1, 0.15) is 0 Å². The molecule has 1 N–H and O–H groups in total. The van der Waals surface area contributed by atoms with E-state index in [1.807, 2.05) is 6.07 Å². The first kappa shape index (κ1) is 13.1. The SMILES string of the molecule is CCCCC(CC)C1C(=O)Nc2ccc(C)cc21. The molecule has 1 aliphatic heterocycles. The molecule has 1 aliphatic rings. The highest BCUT2D eigenvalue weighted by atomic mass is 16.2. The number of hydrogen-bond acceptors (Lipinski definition) is 1. The lowest BCUT2D eigenvalue weighted by molar-refractivity contribution is -0.118. The largest absolute Gasteiger partial charge is 0.325 e. The molecule has 1 aromatic carbocycles. The van der Waals surface area contributed by atoms with Crippen LogP contribution in [0.2, 0.25) is 0 Å². The fraction of sp³-hybridized carbons (Fsp3) is 0.562. The number of unbranched alkanes of at least 4 members (excludes halogenated alkanes) is 1. The third-order valence-electron chi connectivity index (χ3n) is 4.01. The monoisotopic (exact) mass is 245 g/mol. The van der Waals surface area contributed by atoms with E-state index in [0.29, 0.717) is 5.92 Å². The number of carbonyl (C=O) groups is 1. The number of carbonyl (C=O) groups excluding carboxylic acids is 1. The van der Waals surface area contributed by atoms with Gasteiger partial charge in [-0.2, -0.15) is 0 Å². The first-order valence-electron chi connectivity index (χ1n) is 7.08. The predicted octanol–water partition coefficient (Wildman–Crippen LogP) is 4.25. The van der Waals surface area contributed by atoms with Crippen LogP contribution in [0.15, 0.2) is 18.2 Å². The molecular weight excluding hydrogens is 222 g/mol. The minimum absolute atomic E-state index is 0.0662. The quantitative estimate of drug-likeness (QED) is 0.825. The molecule has 98 valence electrons. The zero-order chi connectivity index (χ0) is 13.1. The second-order valence-corrected chi connectivity index (χ2v) is 5.37. The highest BCUT2D eigenvalue weighted by molar-refractivity contribution is 6.03. The molecule has 2 atom stereocenters. The van der Waals surface area contributed by atoms with E-state index in [1.54, 1.807) is 0 Å². The van der Waals surface area contributed by atoms with Gasteiger partial charge in [-0.05, 0) is 30.9 Å². The van der Waals surface area contributed by atoms with Crippen molar-refractivity contribution in [2.75, 3.05) is 5.32 Å². The summed E-state index contributed by atoms with van der Waals surface area (Å²) in [6, 6.07) is 6.27. The normalized spacial score (nSPS) is 19.5. The summed E-state index contributed by atoms with van der Waals surface area (Å²) in [5.41, 5.74) is 3.47. The molecule has 1 heterocycles. The van der Waals surface area contributed by atoms with Crippen LogP contribution in [0.5, 0.6) is 0 Å². The molecule has 0 saturated heterocycles. The predicted molar refractivity (Wildman–Crippen MR) is 75.9 cm³/mol. The summed E-state index contributed by atoms with van der Waals surface area (Å²) in [7, 11) is 0. The Hall–Kier alpha value is -1.31. The van der Waals surface area contributed by atoms with Crippen molar-refractivity contribution in [1.82, 2.24) is 0 Å². The maximum atomic E-state index is 12.2. The third kappa shape index (κ3) is 2.43. The Balaban J connectivity index is 2.27. The fourth-order valence-corrected chi connectivity index (χ4v) is 2.95. The molecule has 0 saturated carbocycles. The van der Waals surface area contributed by atoms with E-state index in [0.717, 1.165) is 18.5 Å². The van der Waals surface area contributed by atoms with Crippen LogP contribution in [0.3, 0.4) is 0 Å². The van der Waals surface area contributed by atoms with E-state index in [-0.39, 0.29) is 11.8 Å². The average Bonchev–Trinajstić information content (AvgIpc) is 2.67. The number of rotatable bonds is 5. The van der Waals surface area contributed by atoms with Crippen LogP contribution in [0.25, 0.3) is 0 Å². The van der Waals surface area contributed by atoms with Gasteiger partial charge in [-0.15, -0.1) is 0 Å². The molecule has 0 bridgehead atoms. The van der Waals surface area contributed by atoms with Gasteiger partial charge in [-0.25, -0.2) is 0 Å². The smallest absolute Gasteiger partial charge is 0.232 e. The zero-order valence-corrected chi connectivity index (χ0v) is 11.6. The van der Waals surface area contributed by atoms with E-state index in [1.165, 1.54) is 24.0 Å². The molecule has 2 heteroatoms. The molecule has 1 aromatic rings. The summed E-state index contributed by atoms with van der Waals surface area (Å²) in [6.45, 7) is 6.49. The van der Waals surface area contributed by atoms with Crippen LogP contribution in [-0.4, -0.2) is 5.91 Å². The summed E-state index contributed by atoms with van der Waals surface area (Å²) in [5.74, 6) is 0.739. The van der Waals surface area contributed by atoms with Crippen molar-refractivity contribution in [1.29, 1.82) is 0 Å². The van der Waals surface area contributed by atoms with Gasteiger partial charge in [-0.1, -0.05) is 50.8 Å². The lowest BCUT2D eigenvalue weighted by Gasteiger charge is -2.21. The number of fused-ring (bicyclic) bond motifs is 1. The molecule has 2 nitrogen and oxygen atoms in total. The lowest BCUT2D eigenvalue weighted by atomic mass is 9.82. The first-order chi connectivity index (χ1) is 8.67. The van der Waals surface area contributed by atoms with Crippen molar-refractivity contribution >= 4 is 11.6 Å². The highest BCUT2D eigenvalue weighted by Crippen LogP contribution is 2.40. The lowest BCUT2D eigenvalue weighted by Crippen LogP contribution is -2.20. The van der Waals surface area contributed by atoms with Crippen LogP contribution >= 0.6 is 0 Å². The van der Waals surface area contributed by atoms with E-state index in [9.17, 15) is 4.79 Å².